The first kappa shape index (κ1) is 37.3. The molecule has 1 heterocycles. The molecule has 0 radical (unpaired) electrons. The lowest BCUT2D eigenvalue weighted by atomic mass is 10.0. The maximum absolute atomic E-state index is 13.9. The number of methoxy groups -OCH3 is 1. The number of halogens is 1. The van der Waals surface area contributed by atoms with Gasteiger partial charge < -0.3 is 28.6 Å². The molecule has 0 aromatic heterocycles. The Morgan fingerprint density at radius 3 is 2.59 bits per heavy atom. The van der Waals surface area contributed by atoms with E-state index in [-0.39, 0.29) is 51.9 Å². The molecule has 46 heavy (non-hydrogen) atoms. The Bertz CT molecular complexity index is 1490. The first-order valence-corrected chi connectivity index (χ1v) is 20.7. The van der Waals surface area contributed by atoms with Crippen LogP contribution < -0.4 is 14.4 Å². The molecule has 1 fully saturated rings. The van der Waals surface area contributed by atoms with E-state index in [0.717, 1.165) is 25.3 Å². The van der Waals surface area contributed by atoms with Gasteiger partial charge in [-0.25, -0.2) is 13.2 Å². The standard InChI is InChI=1S/C32H44ClN3O8SSi/c1-6-13-44-30-11-10-24(32(37)40-2)19-31(30)45(38,39)35-28-18-25(21-34)27(33)20-29(28)36-12-8-7-9-26(36)22-41-14-15-42-23-43-16-17-46(3,4)5/h6,10-11,18-20,26,35H,1,7-9,12-17,22-23H2,2-5H3. The number of rotatable bonds is 18. The summed E-state index contributed by atoms with van der Waals surface area (Å²) in [4.78, 5) is 14.0. The Morgan fingerprint density at radius 1 is 1.15 bits per heavy atom. The Labute approximate surface area is 278 Å². The van der Waals surface area contributed by atoms with Crippen molar-refractivity contribution in [2.24, 2.45) is 0 Å². The molecule has 2 aromatic carbocycles. The molecule has 14 heteroatoms. The number of nitrogens with one attached hydrogen (secondary N) is 1. The first-order chi connectivity index (χ1) is 21.9. The summed E-state index contributed by atoms with van der Waals surface area (Å²) in [5, 5.41) is 9.89. The highest BCUT2D eigenvalue weighted by Gasteiger charge is 2.29. The largest absolute Gasteiger partial charge is 0.488 e. The van der Waals surface area contributed by atoms with Crippen LogP contribution in [0.4, 0.5) is 11.4 Å². The van der Waals surface area contributed by atoms with Gasteiger partial charge in [0.05, 0.1) is 60.5 Å². The van der Waals surface area contributed by atoms with E-state index in [4.69, 9.17) is 35.3 Å². The zero-order valence-corrected chi connectivity index (χ0v) is 29.5. The van der Waals surface area contributed by atoms with Crippen LogP contribution in [0.5, 0.6) is 5.75 Å². The Hall–Kier alpha value is -3.12. The van der Waals surface area contributed by atoms with Crippen LogP contribution >= 0.6 is 11.6 Å². The van der Waals surface area contributed by atoms with Gasteiger partial charge in [-0.3, -0.25) is 4.72 Å². The van der Waals surface area contributed by atoms with Crippen LogP contribution in [0.25, 0.3) is 0 Å². The molecule has 0 saturated carbocycles. The maximum atomic E-state index is 13.9. The summed E-state index contributed by atoms with van der Waals surface area (Å²) in [5.74, 6) is -0.689. The number of esters is 1. The summed E-state index contributed by atoms with van der Waals surface area (Å²) in [5.41, 5.74) is 0.789. The van der Waals surface area contributed by atoms with Gasteiger partial charge in [-0.05, 0) is 55.6 Å². The van der Waals surface area contributed by atoms with Crippen molar-refractivity contribution in [1.82, 2.24) is 0 Å². The van der Waals surface area contributed by atoms with Gasteiger partial charge >= 0.3 is 5.97 Å². The predicted octanol–water partition coefficient (Wildman–Crippen LogP) is 6.07. The van der Waals surface area contributed by atoms with Gasteiger partial charge in [-0.2, -0.15) is 5.26 Å². The van der Waals surface area contributed by atoms with E-state index in [0.29, 0.717) is 38.7 Å². The van der Waals surface area contributed by atoms with Crippen molar-refractivity contribution >= 4 is 47.0 Å². The van der Waals surface area contributed by atoms with E-state index in [1.165, 1.54) is 37.5 Å². The molecule has 3 rings (SSSR count). The van der Waals surface area contributed by atoms with Crippen LogP contribution in [-0.4, -0.2) is 82.0 Å². The summed E-state index contributed by atoms with van der Waals surface area (Å²) < 4.78 is 57.9. The lowest BCUT2D eigenvalue weighted by molar-refractivity contribution is -0.0668. The second-order valence-corrected chi connectivity index (χ2v) is 19.7. The van der Waals surface area contributed by atoms with Gasteiger partial charge in [0.25, 0.3) is 10.0 Å². The van der Waals surface area contributed by atoms with Crippen LogP contribution in [0.1, 0.15) is 35.2 Å². The van der Waals surface area contributed by atoms with Crippen LogP contribution in [0, 0.1) is 11.3 Å². The molecule has 1 unspecified atom stereocenters. The predicted molar refractivity (Wildman–Crippen MR) is 181 cm³/mol. The molecule has 252 valence electrons. The number of anilines is 2. The number of benzene rings is 2. The van der Waals surface area contributed by atoms with Gasteiger partial charge in [0, 0.05) is 21.2 Å². The number of sulfonamides is 1. The van der Waals surface area contributed by atoms with Crippen molar-refractivity contribution in [3.63, 3.8) is 0 Å². The van der Waals surface area contributed by atoms with Crippen LogP contribution in [0.15, 0.2) is 47.9 Å². The van der Waals surface area contributed by atoms with Crippen LogP contribution in [0.3, 0.4) is 0 Å². The highest BCUT2D eigenvalue weighted by atomic mass is 35.5. The molecule has 1 N–H and O–H groups in total. The van der Waals surface area contributed by atoms with E-state index in [9.17, 15) is 18.5 Å². The molecule has 1 saturated heterocycles. The minimum Gasteiger partial charge on any atom is -0.488 e. The van der Waals surface area contributed by atoms with Crippen LogP contribution in [0.2, 0.25) is 30.7 Å². The quantitative estimate of drug-likeness (QED) is 0.0644. The molecule has 11 nitrogen and oxygen atoms in total. The van der Waals surface area contributed by atoms with Gasteiger partial charge in [-0.15, -0.1) is 0 Å². The molecular weight excluding hydrogens is 650 g/mol. The molecular formula is C32H44ClN3O8SSi. The molecule has 0 amide bonds. The normalized spacial score (nSPS) is 15.2. The van der Waals surface area contributed by atoms with Crippen molar-refractivity contribution in [3.8, 4) is 11.8 Å². The van der Waals surface area contributed by atoms with Gasteiger partial charge in [-0.1, -0.05) is 43.9 Å². The molecule has 0 bridgehead atoms. The zero-order chi connectivity index (χ0) is 33.7. The van der Waals surface area contributed by atoms with E-state index in [2.05, 4.69) is 35.8 Å². The molecule has 1 aliphatic rings. The third kappa shape index (κ3) is 11.0. The second-order valence-electron chi connectivity index (χ2n) is 12.0. The summed E-state index contributed by atoms with van der Waals surface area (Å²) in [6, 6.07) is 10.00. The Morgan fingerprint density at radius 2 is 1.89 bits per heavy atom. The van der Waals surface area contributed by atoms with Crippen molar-refractivity contribution in [1.29, 1.82) is 5.26 Å². The van der Waals surface area contributed by atoms with Gasteiger partial charge in [0.1, 0.15) is 30.1 Å². The van der Waals surface area contributed by atoms with Crippen molar-refractivity contribution in [3.05, 3.63) is 59.1 Å². The van der Waals surface area contributed by atoms with E-state index in [1.54, 1.807) is 6.07 Å². The van der Waals surface area contributed by atoms with Crippen molar-refractivity contribution in [2.45, 2.75) is 55.9 Å². The smallest absolute Gasteiger partial charge is 0.337 e. The molecule has 0 spiro atoms. The lowest BCUT2D eigenvalue weighted by Gasteiger charge is -2.38. The number of hydrogen-bond donors (Lipinski definition) is 1. The second kappa shape index (κ2) is 17.7. The fraction of sp³-hybridized carbons (Fsp3) is 0.500. The summed E-state index contributed by atoms with van der Waals surface area (Å²) in [6.07, 6.45) is 4.13. The minimum atomic E-state index is -4.35. The first-order valence-electron chi connectivity index (χ1n) is 15.1. The number of carbonyl (C=O) groups excluding carboxylic acids is 1. The number of ether oxygens (including phenoxy) is 5. The number of nitrogens with zero attached hydrogens (tertiary/aromatic N) is 2. The van der Waals surface area contributed by atoms with Crippen molar-refractivity contribution in [2.75, 3.05) is 63.1 Å². The van der Waals surface area contributed by atoms with Crippen LogP contribution in [-0.2, 0) is 29.0 Å². The minimum absolute atomic E-state index is 0.0176. The average Bonchev–Trinajstić information content (AvgIpc) is 3.02. The maximum Gasteiger partial charge on any atom is 0.337 e. The third-order valence-electron chi connectivity index (χ3n) is 7.24. The van der Waals surface area contributed by atoms with E-state index < -0.39 is 24.1 Å². The average molecular weight is 694 g/mol. The number of piperidine rings is 1. The number of carbonyl (C=O) groups is 1. The zero-order valence-electron chi connectivity index (χ0n) is 27.0. The molecule has 2 aromatic rings. The summed E-state index contributed by atoms with van der Waals surface area (Å²) in [6.45, 7) is 13.2. The topological polar surface area (TPSA) is 136 Å². The third-order valence-corrected chi connectivity index (χ3v) is 10.6. The van der Waals surface area contributed by atoms with Gasteiger partial charge in [0.2, 0.25) is 0 Å². The number of hydrogen-bond acceptors (Lipinski definition) is 10. The fourth-order valence-corrected chi connectivity index (χ4v) is 6.98. The Kier molecular flexibility index (Phi) is 14.4. The van der Waals surface area contributed by atoms with Gasteiger partial charge in [0.15, 0.2) is 0 Å². The summed E-state index contributed by atoms with van der Waals surface area (Å²) in [7, 11) is -4.30. The highest BCUT2D eigenvalue weighted by molar-refractivity contribution is 7.92. The molecule has 0 aliphatic carbocycles. The highest BCUT2D eigenvalue weighted by Crippen LogP contribution is 2.38. The fourth-order valence-electron chi connectivity index (χ4n) is 4.78. The molecule has 1 atom stereocenters. The van der Waals surface area contributed by atoms with E-state index >= 15 is 0 Å². The van der Waals surface area contributed by atoms with Crippen molar-refractivity contribution < 1.29 is 36.9 Å². The lowest BCUT2D eigenvalue weighted by Crippen LogP contribution is -2.43. The molecule has 1 aliphatic heterocycles. The van der Waals surface area contributed by atoms with E-state index in [1.807, 2.05) is 6.07 Å². The monoisotopic (exact) mass is 693 g/mol. The summed E-state index contributed by atoms with van der Waals surface area (Å²) >= 11 is 6.47. The SMILES string of the molecule is C=CCOc1ccc(C(=O)OC)cc1S(=O)(=O)Nc1cc(C#N)c(Cl)cc1N1CCCCC1COCCOCOCC[Si](C)(C)C. The Balaban J connectivity index is 1.81. The number of nitriles is 1.